The first-order valence-electron chi connectivity index (χ1n) is 7.32. The summed E-state index contributed by atoms with van der Waals surface area (Å²) in [7, 11) is 1.82. The van der Waals surface area contributed by atoms with E-state index in [1.54, 1.807) is 4.90 Å². The van der Waals surface area contributed by atoms with Crippen molar-refractivity contribution in [3.63, 3.8) is 0 Å². The Morgan fingerprint density at radius 2 is 1.76 bits per heavy atom. The zero-order valence-corrected chi connectivity index (χ0v) is 12.4. The molecule has 0 aliphatic rings. The first-order chi connectivity index (χ1) is 10.2. The molecule has 2 aromatic rings. The molecule has 112 valence electrons. The van der Waals surface area contributed by atoms with Crippen molar-refractivity contribution < 1.29 is 9.90 Å². The van der Waals surface area contributed by atoms with E-state index < -0.39 is 0 Å². The molecule has 0 aliphatic heterocycles. The molecule has 1 amide bonds. The Hall–Kier alpha value is -2.07. The highest BCUT2D eigenvalue weighted by Gasteiger charge is 2.11. The van der Waals surface area contributed by atoms with Crippen molar-refractivity contribution in [1.29, 1.82) is 0 Å². The fourth-order valence-electron chi connectivity index (χ4n) is 2.24. The second-order valence-electron chi connectivity index (χ2n) is 5.15. The summed E-state index contributed by atoms with van der Waals surface area (Å²) in [5, 5.41) is 8.74. The smallest absolute Gasteiger partial charge is 0.253 e. The molecule has 0 saturated heterocycles. The Morgan fingerprint density at radius 1 is 1.10 bits per heavy atom. The van der Waals surface area contributed by atoms with Gasteiger partial charge in [-0.05, 0) is 55.7 Å². The Bertz CT molecular complexity index is 547. The minimum atomic E-state index is 0.0399. The van der Waals surface area contributed by atoms with Gasteiger partial charge in [-0.2, -0.15) is 0 Å². The largest absolute Gasteiger partial charge is 0.396 e. The van der Waals surface area contributed by atoms with Crippen LogP contribution in [-0.4, -0.2) is 40.7 Å². The van der Waals surface area contributed by atoms with E-state index >= 15 is 0 Å². The summed E-state index contributed by atoms with van der Waals surface area (Å²) >= 11 is 0. The van der Waals surface area contributed by atoms with Crippen LogP contribution in [0.15, 0.2) is 48.8 Å². The lowest BCUT2D eigenvalue weighted by Gasteiger charge is -2.17. The number of hydrogen-bond donors (Lipinski definition) is 1. The van der Waals surface area contributed by atoms with E-state index in [2.05, 4.69) is 0 Å². The van der Waals surface area contributed by atoms with Crippen molar-refractivity contribution in [2.75, 3.05) is 20.2 Å². The number of aliphatic hydroxyl groups is 1. The molecule has 0 saturated carbocycles. The molecule has 1 aromatic carbocycles. The minimum absolute atomic E-state index is 0.0399. The predicted octanol–water partition coefficient (Wildman–Crippen LogP) is 2.71. The van der Waals surface area contributed by atoms with Crippen LogP contribution >= 0.6 is 0 Å². The van der Waals surface area contributed by atoms with Crippen LogP contribution in [0.25, 0.3) is 5.69 Å². The quantitative estimate of drug-likeness (QED) is 0.795. The van der Waals surface area contributed by atoms with Crippen molar-refractivity contribution in [3.05, 3.63) is 54.4 Å². The molecular formula is C17H22N2O2. The number of hydrogen-bond acceptors (Lipinski definition) is 2. The van der Waals surface area contributed by atoms with Gasteiger partial charge in [0, 0.05) is 43.8 Å². The van der Waals surface area contributed by atoms with Gasteiger partial charge in [0.1, 0.15) is 0 Å². The lowest BCUT2D eigenvalue weighted by Crippen LogP contribution is -2.27. The highest BCUT2D eigenvalue weighted by atomic mass is 16.2. The molecule has 1 N–H and O–H groups in total. The van der Waals surface area contributed by atoms with Crippen molar-refractivity contribution in [1.82, 2.24) is 9.47 Å². The summed E-state index contributed by atoms with van der Waals surface area (Å²) in [4.78, 5) is 14.0. The number of amides is 1. The minimum Gasteiger partial charge on any atom is -0.396 e. The monoisotopic (exact) mass is 286 g/mol. The van der Waals surface area contributed by atoms with E-state index in [4.69, 9.17) is 5.11 Å². The molecule has 1 heterocycles. The van der Waals surface area contributed by atoms with Crippen LogP contribution < -0.4 is 0 Å². The van der Waals surface area contributed by atoms with Crippen LogP contribution in [0.1, 0.15) is 29.6 Å². The van der Waals surface area contributed by atoms with Gasteiger partial charge < -0.3 is 14.6 Å². The van der Waals surface area contributed by atoms with Crippen LogP contribution in [0.4, 0.5) is 0 Å². The number of carbonyl (C=O) groups is 1. The summed E-state index contributed by atoms with van der Waals surface area (Å²) < 4.78 is 2.01. The third-order valence-electron chi connectivity index (χ3n) is 3.52. The summed E-state index contributed by atoms with van der Waals surface area (Å²) in [5.41, 5.74) is 1.75. The zero-order chi connectivity index (χ0) is 15.1. The summed E-state index contributed by atoms with van der Waals surface area (Å²) in [5.74, 6) is 0.0399. The van der Waals surface area contributed by atoms with Crippen molar-refractivity contribution in [2.45, 2.75) is 19.3 Å². The van der Waals surface area contributed by atoms with Gasteiger partial charge in [0.25, 0.3) is 5.91 Å². The van der Waals surface area contributed by atoms with Crippen LogP contribution in [-0.2, 0) is 0 Å². The second kappa shape index (κ2) is 7.64. The van der Waals surface area contributed by atoms with Gasteiger partial charge in [0.05, 0.1) is 0 Å². The van der Waals surface area contributed by atoms with Gasteiger partial charge in [0.15, 0.2) is 0 Å². The van der Waals surface area contributed by atoms with E-state index in [-0.39, 0.29) is 12.5 Å². The fourth-order valence-corrected chi connectivity index (χ4v) is 2.24. The molecule has 1 aromatic heterocycles. The van der Waals surface area contributed by atoms with E-state index in [0.29, 0.717) is 5.56 Å². The number of unbranched alkanes of at least 4 members (excludes halogenated alkanes) is 2. The molecule has 4 nitrogen and oxygen atoms in total. The fraction of sp³-hybridized carbons (Fsp3) is 0.353. The molecule has 2 rings (SSSR count). The SMILES string of the molecule is CN(CCCCCO)C(=O)c1ccc(-n2cccc2)cc1. The molecule has 0 aliphatic carbocycles. The highest BCUT2D eigenvalue weighted by Crippen LogP contribution is 2.12. The molecule has 4 heteroatoms. The molecular weight excluding hydrogens is 264 g/mol. The molecule has 21 heavy (non-hydrogen) atoms. The van der Waals surface area contributed by atoms with E-state index in [1.807, 2.05) is 60.4 Å². The lowest BCUT2D eigenvalue weighted by molar-refractivity contribution is 0.0792. The maximum Gasteiger partial charge on any atom is 0.253 e. The summed E-state index contributed by atoms with van der Waals surface area (Å²) in [6.07, 6.45) is 6.62. The van der Waals surface area contributed by atoms with Crippen molar-refractivity contribution in [2.24, 2.45) is 0 Å². The topological polar surface area (TPSA) is 45.5 Å². The third kappa shape index (κ3) is 4.20. The molecule has 0 spiro atoms. The van der Waals surface area contributed by atoms with Crippen LogP contribution in [0, 0.1) is 0 Å². The maximum absolute atomic E-state index is 12.3. The first kappa shape index (κ1) is 15.3. The Labute approximate surface area is 125 Å². The number of aromatic nitrogens is 1. The zero-order valence-electron chi connectivity index (χ0n) is 12.4. The normalized spacial score (nSPS) is 10.6. The number of aliphatic hydroxyl groups excluding tert-OH is 1. The van der Waals surface area contributed by atoms with Gasteiger partial charge in [-0.1, -0.05) is 0 Å². The standard InChI is InChI=1S/C17H22N2O2/c1-18(11-3-2-6-14-20)17(21)15-7-9-16(10-8-15)19-12-4-5-13-19/h4-5,7-10,12-13,20H,2-3,6,11,14H2,1H3. The van der Waals surface area contributed by atoms with Crippen molar-refractivity contribution >= 4 is 5.91 Å². The molecule has 0 fully saturated rings. The molecule has 0 radical (unpaired) electrons. The van der Waals surface area contributed by atoms with E-state index in [0.717, 1.165) is 31.5 Å². The Kier molecular flexibility index (Phi) is 5.58. The number of benzene rings is 1. The molecule has 0 unspecified atom stereocenters. The number of carbonyl (C=O) groups excluding carboxylic acids is 1. The molecule has 0 bridgehead atoms. The molecule has 0 atom stereocenters. The van der Waals surface area contributed by atoms with Crippen molar-refractivity contribution in [3.8, 4) is 5.69 Å². The van der Waals surface area contributed by atoms with Gasteiger partial charge in [0.2, 0.25) is 0 Å². The maximum atomic E-state index is 12.3. The second-order valence-corrected chi connectivity index (χ2v) is 5.15. The summed E-state index contributed by atoms with van der Waals surface area (Å²) in [6.45, 7) is 0.941. The van der Waals surface area contributed by atoms with Crippen LogP contribution in [0.2, 0.25) is 0 Å². The van der Waals surface area contributed by atoms with E-state index in [1.165, 1.54) is 0 Å². The van der Waals surface area contributed by atoms with Gasteiger partial charge in [-0.25, -0.2) is 0 Å². The third-order valence-corrected chi connectivity index (χ3v) is 3.52. The lowest BCUT2D eigenvalue weighted by atomic mass is 10.1. The summed E-state index contributed by atoms with van der Waals surface area (Å²) in [6, 6.07) is 11.6. The Morgan fingerprint density at radius 3 is 2.38 bits per heavy atom. The number of nitrogens with zero attached hydrogens (tertiary/aromatic N) is 2. The van der Waals surface area contributed by atoms with Gasteiger partial charge >= 0.3 is 0 Å². The first-order valence-corrected chi connectivity index (χ1v) is 7.32. The predicted molar refractivity (Wildman–Crippen MR) is 83.7 cm³/mol. The average molecular weight is 286 g/mol. The van der Waals surface area contributed by atoms with E-state index in [9.17, 15) is 4.79 Å². The highest BCUT2D eigenvalue weighted by molar-refractivity contribution is 5.94. The van der Waals surface area contributed by atoms with Gasteiger partial charge in [-0.3, -0.25) is 4.79 Å². The number of rotatable bonds is 7. The Balaban J connectivity index is 1.93. The van der Waals surface area contributed by atoms with Gasteiger partial charge in [-0.15, -0.1) is 0 Å². The van der Waals surface area contributed by atoms with Crippen LogP contribution in [0.3, 0.4) is 0 Å². The van der Waals surface area contributed by atoms with Crippen LogP contribution in [0.5, 0.6) is 0 Å². The average Bonchev–Trinajstić information content (AvgIpc) is 3.05.